The number of hydrogen-bond acceptors (Lipinski definition) is 4. The van der Waals surface area contributed by atoms with Crippen LogP contribution in [0, 0.1) is 6.92 Å². The maximum atomic E-state index is 5.96. The van der Waals surface area contributed by atoms with E-state index in [-0.39, 0.29) is 0 Å². The highest BCUT2D eigenvalue weighted by molar-refractivity contribution is 6.30. The Hall–Kier alpha value is -1.81. The van der Waals surface area contributed by atoms with Crippen LogP contribution in [0.4, 0.5) is 5.82 Å². The fourth-order valence-electron chi connectivity index (χ4n) is 2.03. The zero-order valence-electron chi connectivity index (χ0n) is 12.6. The Morgan fingerprint density at radius 3 is 2.76 bits per heavy atom. The molecular weight excluding hydrogens is 286 g/mol. The first-order valence-corrected chi connectivity index (χ1v) is 7.40. The molecule has 1 aromatic carbocycles. The number of nitrogens with zero attached hydrogens (tertiary/aromatic N) is 2. The highest BCUT2D eigenvalue weighted by atomic mass is 35.5. The predicted molar refractivity (Wildman–Crippen MR) is 86.3 cm³/mol. The van der Waals surface area contributed by atoms with Crippen molar-refractivity contribution in [1.29, 1.82) is 0 Å². The average Bonchev–Trinajstić information content (AvgIpc) is 2.48. The van der Waals surface area contributed by atoms with Crippen LogP contribution in [0.2, 0.25) is 5.15 Å². The molecule has 21 heavy (non-hydrogen) atoms. The first-order valence-electron chi connectivity index (χ1n) is 7.02. The highest BCUT2D eigenvalue weighted by Gasteiger charge is 2.07. The van der Waals surface area contributed by atoms with E-state index in [2.05, 4.69) is 35.2 Å². The minimum Gasteiger partial charge on any atom is -0.491 e. The number of hydrogen-bond donors (Lipinski definition) is 1. The smallest absolute Gasteiger partial charge is 0.137 e. The van der Waals surface area contributed by atoms with E-state index >= 15 is 0 Å². The van der Waals surface area contributed by atoms with Crippen molar-refractivity contribution in [2.45, 2.75) is 26.7 Å². The number of aromatic nitrogens is 2. The third-order valence-electron chi connectivity index (χ3n) is 3.22. The van der Waals surface area contributed by atoms with Crippen LogP contribution in [0.15, 0.2) is 30.6 Å². The zero-order chi connectivity index (χ0) is 15.2. The number of halogens is 1. The first kappa shape index (κ1) is 15.6. The van der Waals surface area contributed by atoms with Crippen molar-refractivity contribution in [3.63, 3.8) is 0 Å². The Morgan fingerprint density at radius 1 is 1.24 bits per heavy atom. The summed E-state index contributed by atoms with van der Waals surface area (Å²) >= 11 is 5.96. The van der Waals surface area contributed by atoms with Crippen LogP contribution in [-0.2, 0) is 0 Å². The van der Waals surface area contributed by atoms with Gasteiger partial charge in [0.25, 0.3) is 0 Å². The molecule has 1 heterocycles. The molecule has 2 rings (SSSR count). The fourth-order valence-corrected chi connectivity index (χ4v) is 2.16. The summed E-state index contributed by atoms with van der Waals surface area (Å²) in [5, 5.41) is 3.68. The van der Waals surface area contributed by atoms with E-state index in [9.17, 15) is 0 Å². The molecule has 1 N–H and O–H groups in total. The average molecular weight is 306 g/mol. The molecule has 0 spiro atoms. The van der Waals surface area contributed by atoms with E-state index in [0.29, 0.717) is 24.2 Å². The molecule has 0 amide bonds. The lowest BCUT2D eigenvalue weighted by atomic mass is 10.0. The molecule has 0 fully saturated rings. The topological polar surface area (TPSA) is 47.0 Å². The van der Waals surface area contributed by atoms with Gasteiger partial charge in [-0.1, -0.05) is 43.6 Å². The van der Waals surface area contributed by atoms with E-state index in [1.807, 2.05) is 25.1 Å². The third kappa shape index (κ3) is 4.08. The first-order chi connectivity index (χ1) is 10.1. The third-order valence-corrected chi connectivity index (χ3v) is 3.60. The molecule has 0 saturated heterocycles. The van der Waals surface area contributed by atoms with Crippen molar-refractivity contribution in [2.75, 3.05) is 18.5 Å². The SMILES string of the molecule is Cc1c(Cl)ncnc1NCCOc1ccccc1C(C)C. The number of anilines is 1. The molecule has 112 valence electrons. The van der Waals surface area contributed by atoms with Gasteiger partial charge in [-0.3, -0.25) is 0 Å². The molecule has 0 atom stereocenters. The number of ether oxygens (including phenoxy) is 1. The summed E-state index contributed by atoms with van der Waals surface area (Å²) in [6.07, 6.45) is 1.45. The van der Waals surface area contributed by atoms with Crippen LogP contribution in [0.25, 0.3) is 0 Å². The number of nitrogens with one attached hydrogen (secondary N) is 1. The van der Waals surface area contributed by atoms with E-state index in [0.717, 1.165) is 17.1 Å². The second-order valence-corrected chi connectivity index (χ2v) is 5.46. The van der Waals surface area contributed by atoms with E-state index in [1.165, 1.54) is 11.9 Å². The van der Waals surface area contributed by atoms with Gasteiger partial charge >= 0.3 is 0 Å². The van der Waals surface area contributed by atoms with Crippen LogP contribution in [0.3, 0.4) is 0 Å². The van der Waals surface area contributed by atoms with Gasteiger partial charge in [-0.25, -0.2) is 9.97 Å². The monoisotopic (exact) mass is 305 g/mol. The highest BCUT2D eigenvalue weighted by Crippen LogP contribution is 2.25. The Labute approximate surface area is 130 Å². The van der Waals surface area contributed by atoms with E-state index in [4.69, 9.17) is 16.3 Å². The molecule has 0 radical (unpaired) electrons. The van der Waals surface area contributed by atoms with Crippen LogP contribution in [0.1, 0.15) is 30.9 Å². The van der Waals surface area contributed by atoms with Gasteiger partial charge < -0.3 is 10.1 Å². The minimum absolute atomic E-state index is 0.442. The summed E-state index contributed by atoms with van der Waals surface area (Å²) in [6.45, 7) is 7.42. The van der Waals surface area contributed by atoms with Gasteiger partial charge in [-0.05, 0) is 24.5 Å². The zero-order valence-corrected chi connectivity index (χ0v) is 13.3. The maximum absolute atomic E-state index is 5.96. The molecule has 4 nitrogen and oxygen atoms in total. The quantitative estimate of drug-likeness (QED) is 0.646. The second kappa shape index (κ2) is 7.27. The van der Waals surface area contributed by atoms with Crippen LogP contribution in [0.5, 0.6) is 5.75 Å². The lowest BCUT2D eigenvalue weighted by molar-refractivity contribution is 0.328. The van der Waals surface area contributed by atoms with Crippen molar-refractivity contribution in [1.82, 2.24) is 9.97 Å². The molecule has 2 aromatic rings. The molecule has 0 bridgehead atoms. The van der Waals surface area contributed by atoms with Crippen LogP contribution >= 0.6 is 11.6 Å². The predicted octanol–water partition coefficient (Wildman–Crippen LogP) is 4.05. The minimum atomic E-state index is 0.442. The maximum Gasteiger partial charge on any atom is 0.137 e. The summed E-state index contributed by atoms with van der Waals surface area (Å²) in [4.78, 5) is 8.10. The van der Waals surface area contributed by atoms with Gasteiger partial charge in [0.05, 0.1) is 6.54 Å². The van der Waals surface area contributed by atoms with Crippen molar-refractivity contribution >= 4 is 17.4 Å². The molecule has 0 aliphatic carbocycles. The van der Waals surface area contributed by atoms with Crippen molar-refractivity contribution in [2.24, 2.45) is 0 Å². The number of benzene rings is 1. The Morgan fingerprint density at radius 2 is 2.00 bits per heavy atom. The largest absolute Gasteiger partial charge is 0.491 e. The fraction of sp³-hybridized carbons (Fsp3) is 0.375. The summed E-state index contributed by atoms with van der Waals surface area (Å²) < 4.78 is 5.85. The Kier molecular flexibility index (Phi) is 5.39. The van der Waals surface area contributed by atoms with Gasteiger partial charge in [-0.15, -0.1) is 0 Å². The summed E-state index contributed by atoms with van der Waals surface area (Å²) in [6, 6.07) is 8.12. The van der Waals surface area contributed by atoms with Crippen molar-refractivity contribution < 1.29 is 4.74 Å². The normalized spacial score (nSPS) is 10.7. The van der Waals surface area contributed by atoms with Gasteiger partial charge in [0, 0.05) is 5.56 Å². The van der Waals surface area contributed by atoms with Gasteiger partial charge in [-0.2, -0.15) is 0 Å². The van der Waals surface area contributed by atoms with E-state index < -0.39 is 0 Å². The molecule has 0 aliphatic heterocycles. The Bertz CT molecular complexity index is 602. The van der Waals surface area contributed by atoms with Crippen molar-refractivity contribution in [3.8, 4) is 5.75 Å². The molecule has 0 unspecified atom stereocenters. The molecule has 5 heteroatoms. The Balaban J connectivity index is 1.89. The second-order valence-electron chi connectivity index (χ2n) is 5.11. The van der Waals surface area contributed by atoms with Crippen LogP contribution in [-0.4, -0.2) is 23.1 Å². The lowest BCUT2D eigenvalue weighted by Crippen LogP contribution is -2.14. The number of rotatable bonds is 6. The molecule has 0 aliphatic rings. The van der Waals surface area contributed by atoms with Gasteiger partial charge in [0.1, 0.15) is 29.7 Å². The lowest BCUT2D eigenvalue weighted by Gasteiger charge is -2.14. The molecular formula is C16H20ClN3O. The van der Waals surface area contributed by atoms with E-state index in [1.54, 1.807) is 0 Å². The molecule has 0 saturated carbocycles. The van der Waals surface area contributed by atoms with Gasteiger partial charge in [0.15, 0.2) is 0 Å². The summed E-state index contributed by atoms with van der Waals surface area (Å²) in [5.41, 5.74) is 2.07. The van der Waals surface area contributed by atoms with Gasteiger partial charge in [0.2, 0.25) is 0 Å². The number of para-hydroxylation sites is 1. The summed E-state index contributed by atoms with van der Waals surface area (Å²) in [7, 11) is 0. The van der Waals surface area contributed by atoms with Crippen LogP contribution < -0.4 is 10.1 Å². The summed E-state index contributed by atoms with van der Waals surface area (Å²) in [5.74, 6) is 2.12. The standard InChI is InChI=1S/C16H20ClN3O/c1-11(2)13-6-4-5-7-14(13)21-9-8-18-16-12(3)15(17)19-10-20-16/h4-7,10-11H,8-9H2,1-3H3,(H,18,19,20). The van der Waals surface area contributed by atoms with Crippen molar-refractivity contribution in [3.05, 3.63) is 46.9 Å². The molecule has 1 aromatic heterocycles.